The van der Waals surface area contributed by atoms with Crippen LogP contribution in [0.1, 0.15) is 10.6 Å². The smallest absolute Gasteiger partial charge is 0.293 e. The number of aromatic nitrogens is 3. The molecule has 0 fully saturated rings. The van der Waals surface area contributed by atoms with Gasteiger partial charge >= 0.3 is 0 Å². The molecular formula is C19H15N5O3S. The third-order valence-electron chi connectivity index (χ3n) is 4.31. The van der Waals surface area contributed by atoms with Crippen molar-refractivity contribution in [3.05, 3.63) is 79.8 Å². The Hall–Kier alpha value is -3.59. The van der Waals surface area contributed by atoms with Crippen molar-refractivity contribution >= 4 is 33.6 Å². The molecule has 0 aliphatic heterocycles. The summed E-state index contributed by atoms with van der Waals surface area (Å²) in [5.41, 5.74) is 2.02. The number of nitro groups is 1. The van der Waals surface area contributed by atoms with Gasteiger partial charge in [-0.2, -0.15) is 0 Å². The molecule has 2 aromatic carbocycles. The quantitative estimate of drug-likeness (QED) is 0.393. The van der Waals surface area contributed by atoms with Crippen LogP contribution in [0.2, 0.25) is 0 Å². The highest BCUT2D eigenvalue weighted by molar-refractivity contribution is 7.15. The second-order valence-electron chi connectivity index (χ2n) is 6.12. The van der Waals surface area contributed by atoms with E-state index in [2.05, 4.69) is 20.3 Å². The molecule has 2 N–H and O–H groups in total. The Morgan fingerprint density at radius 3 is 2.79 bits per heavy atom. The summed E-state index contributed by atoms with van der Waals surface area (Å²) >= 11 is 1.54. The molecule has 2 aromatic heterocycles. The van der Waals surface area contributed by atoms with Gasteiger partial charge in [-0.25, -0.2) is 9.97 Å². The van der Waals surface area contributed by atoms with Gasteiger partial charge in [0.15, 0.2) is 0 Å². The van der Waals surface area contributed by atoms with Gasteiger partial charge in [0, 0.05) is 16.5 Å². The number of benzene rings is 2. The Bertz CT molecular complexity index is 1230. The number of anilines is 1. The van der Waals surface area contributed by atoms with Gasteiger partial charge in [-0.15, -0.1) is 11.3 Å². The van der Waals surface area contributed by atoms with E-state index in [9.17, 15) is 14.9 Å². The zero-order valence-electron chi connectivity index (χ0n) is 14.8. The van der Waals surface area contributed by atoms with Crippen LogP contribution in [-0.4, -0.2) is 19.9 Å². The third kappa shape index (κ3) is 3.35. The van der Waals surface area contributed by atoms with E-state index in [1.807, 2.05) is 37.3 Å². The van der Waals surface area contributed by atoms with Crippen LogP contribution in [0.25, 0.3) is 21.5 Å². The number of thiazole rings is 1. The lowest BCUT2D eigenvalue weighted by Crippen LogP contribution is -2.08. The largest absolute Gasteiger partial charge is 0.374 e. The molecule has 0 unspecified atom stereocenters. The summed E-state index contributed by atoms with van der Waals surface area (Å²) in [6.07, 6.45) is 1.28. The number of rotatable bonds is 5. The zero-order valence-corrected chi connectivity index (χ0v) is 15.6. The number of hydrogen-bond acceptors (Lipinski definition) is 7. The number of aryl methyl sites for hydroxylation is 1. The van der Waals surface area contributed by atoms with Gasteiger partial charge in [-0.05, 0) is 13.0 Å². The Balaban J connectivity index is 1.66. The van der Waals surface area contributed by atoms with Crippen molar-refractivity contribution < 1.29 is 4.92 Å². The van der Waals surface area contributed by atoms with Crippen LogP contribution in [0.5, 0.6) is 0 Å². The van der Waals surface area contributed by atoms with E-state index in [0.717, 1.165) is 21.1 Å². The standard InChI is InChI=1S/C19H15N5O3S/c1-11-17(28-19(23-11)12-5-3-2-4-6-12)9-20-15-8-14-13(7-16(15)24(26)27)18(25)22-10-21-14/h2-8,10,20H,9H2,1H3,(H,21,22,25). The first-order valence-electron chi connectivity index (χ1n) is 8.44. The normalized spacial score (nSPS) is 10.9. The summed E-state index contributed by atoms with van der Waals surface area (Å²) in [4.78, 5) is 34.9. The molecule has 4 aromatic rings. The minimum absolute atomic E-state index is 0.170. The van der Waals surface area contributed by atoms with Crippen LogP contribution < -0.4 is 10.9 Å². The molecule has 140 valence electrons. The maximum atomic E-state index is 11.9. The summed E-state index contributed by atoms with van der Waals surface area (Å²) in [7, 11) is 0. The highest BCUT2D eigenvalue weighted by atomic mass is 32.1. The van der Waals surface area contributed by atoms with E-state index < -0.39 is 10.5 Å². The molecule has 8 nitrogen and oxygen atoms in total. The van der Waals surface area contributed by atoms with Gasteiger partial charge in [0.1, 0.15) is 10.7 Å². The fourth-order valence-electron chi connectivity index (χ4n) is 2.87. The summed E-state index contributed by atoms with van der Waals surface area (Å²) in [5.74, 6) is 0. The predicted molar refractivity (Wildman–Crippen MR) is 109 cm³/mol. The van der Waals surface area contributed by atoms with Crippen LogP contribution in [0, 0.1) is 17.0 Å². The highest BCUT2D eigenvalue weighted by Gasteiger charge is 2.18. The maximum Gasteiger partial charge on any atom is 0.293 e. The molecule has 2 heterocycles. The Kier molecular flexibility index (Phi) is 4.58. The Morgan fingerprint density at radius 1 is 1.25 bits per heavy atom. The first-order valence-corrected chi connectivity index (χ1v) is 9.26. The van der Waals surface area contributed by atoms with E-state index in [1.54, 1.807) is 0 Å². The molecule has 0 saturated heterocycles. The number of nitro benzene ring substituents is 1. The van der Waals surface area contributed by atoms with E-state index in [4.69, 9.17) is 0 Å². The number of nitrogens with one attached hydrogen (secondary N) is 2. The lowest BCUT2D eigenvalue weighted by molar-refractivity contribution is -0.383. The molecule has 0 aliphatic carbocycles. The lowest BCUT2D eigenvalue weighted by atomic mass is 10.2. The second-order valence-corrected chi connectivity index (χ2v) is 7.21. The van der Waals surface area contributed by atoms with Crippen molar-refractivity contribution in [3.63, 3.8) is 0 Å². The first kappa shape index (κ1) is 17.8. The van der Waals surface area contributed by atoms with Gasteiger partial charge in [0.2, 0.25) is 0 Å². The zero-order chi connectivity index (χ0) is 19.7. The average Bonchev–Trinajstić information content (AvgIpc) is 3.07. The van der Waals surface area contributed by atoms with Crippen molar-refractivity contribution in [1.82, 2.24) is 15.0 Å². The second kappa shape index (κ2) is 7.20. The molecule has 0 spiro atoms. The molecule has 0 radical (unpaired) electrons. The lowest BCUT2D eigenvalue weighted by Gasteiger charge is -2.07. The SMILES string of the molecule is Cc1nc(-c2ccccc2)sc1CNc1cc2nc[nH]c(=O)c2cc1[N+](=O)[O-]. The number of hydrogen-bond donors (Lipinski definition) is 2. The first-order chi connectivity index (χ1) is 13.5. The summed E-state index contributed by atoms with van der Waals surface area (Å²) in [6, 6.07) is 12.6. The molecule has 0 aliphatic rings. The van der Waals surface area contributed by atoms with Crippen LogP contribution in [-0.2, 0) is 6.54 Å². The maximum absolute atomic E-state index is 11.9. The number of fused-ring (bicyclic) bond motifs is 1. The van der Waals surface area contributed by atoms with Crippen molar-refractivity contribution in [3.8, 4) is 10.6 Å². The van der Waals surface area contributed by atoms with E-state index in [1.165, 1.54) is 29.8 Å². The minimum Gasteiger partial charge on any atom is -0.374 e. The molecule has 4 rings (SSSR count). The summed E-state index contributed by atoms with van der Waals surface area (Å²) < 4.78 is 0. The predicted octanol–water partition coefficient (Wildman–Crippen LogP) is 3.88. The molecule has 9 heteroatoms. The van der Waals surface area contributed by atoms with Crippen LogP contribution >= 0.6 is 11.3 Å². The summed E-state index contributed by atoms with van der Waals surface area (Å²) in [5, 5.41) is 15.7. The fourth-order valence-corrected chi connectivity index (χ4v) is 3.88. The molecule has 28 heavy (non-hydrogen) atoms. The van der Waals surface area contributed by atoms with Gasteiger partial charge in [-0.1, -0.05) is 30.3 Å². The van der Waals surface area contributed by atoms with Crippen molar-refractivity contribution in [2.24, 2.45) is 0 Å². The fraction of sp³-hybridized carbons (Fsp3) is 0.105. The van der Waals surface area contributed by atoms with E-state index >= 15 is 0 Å². The Morgan fingerprint density at radius 2 is 2.04 bits per heavy atom. The van der Waals surface area contributed by atoms with Gasteiger partial charge in [0.05, 0.1) is 34.4 Å². The topological polar surface area (TPSA) is 114 Å². The number of H-pyrrole nitrogens is 1. The van der Waals surface area contributed by atoms with Crippen molar-refractivity contribution in [2.75, 3.05) is 5.32 Å². The van der Waals surface area contributed by atoms with Crippen molar-refractivity contribution in [1.29, 1.82) is 0 Å². The number of nitrogens with zero attached hydrogens (tertiary/aromatic N) is 3. The summed E-state index contributed by atoms with van der Waals surface area (Å²) in [6.45, 7) is 2.29. The molecular weight excluding hydrogens is 378 g/mol. The van der Waals surface area contributed by atoms with Crippen LogP contribution in [0.3, 0.4) is 0 Å². The average molecular weight is 393 g/mol. The van der Waals surface area contributed by atoms with Crippen molar-refractivity contribution in [2.45, 2.75) is 13.5 Å². The number of aromatic amines is 1. The van der Waals surface area contributed by atoms with Gasteiger partial charge < -0.3 is 10.3 Å². The highest BCUT2D eigenvalue weighted by Crippen LogP contribution is 2.31. The monoisotopic (exact) mass is 393 g/mol. The van der Waals surface area contributed by atoms with Gasteiger partial charge in [-0.3, -0.25) is 14.9 Å². The van der Waals surface area contributed by atoms with Gasteiger partial charge in [0.25, 0.3) is 11.2 Å². The van der Waals surface area contributed by atoms with E-state index in [0.29, 0.717) is 17.7 Å². The third-order valence-corrected chi connectivity index (χ3v) is 5.51. The van der Waals surface area contributed by atoms with E-state index in [-0.39, 0.29) is 11.1 Å². The molecule has 0 saturated carbocycles. The van der Waals surface area contributed by atoms with Crippen LogP contribution in [0.15, 0.2) is 53.6 Å². The molecule has 0 amide bonds. The van der Waals surface area contributed by atoms with Crippen LogP contribution in [0.4, 0.5) is 11.4 Å². The molecule has 0 atom stereocenters. The molecule has 0 bridgehead atoms. The minimum atomic E-state index is -0.511. The Labute approximate surface area is 163 Å².